The first-order valence-electron chi connectivity index (χ1n) is 26.0. The lowest BCUT2D eigenvalue weighted by Gasteiger charge is -2.24. The van der Waals surface area contributed by atoms with Crippen LogP contribution in [0.1, 0.15) is 245 Å². The van der Waals surface area contributed by atoms with E-state index < -0.39 is 0 Å². The highest BCUT2D eigenvalue weighted by atomic mass is 16.2. The van der Waals surface area contributed by atoms with Gasteiger partial charge in [0.15, 0.2) is 0 Å². The van der Waals surface area contributed by atoms with E-state index in [2.05, 4.69) is 40.8 Å². The Labute approximate surface area is 367 Å². The molecule has 0 saturated carbocycles. The third-order valence-electron chi connectivity index (χ3n) is 12.0. The Morgan fingerprint density at radius 3 is 1.25 bits per heavy atom. The molecule has 9 N–H and O–H groups in total. The molecule has 1 unspecified atom stereocenters. The van der Waals surface area contributed by atoms with E-state index in [4.69, 9.17) is 11.6 Å². The Bertz CT molecular complexity index is 815. The van der Waals surface area contributed by atoms with E-state index in [1.54, 1.807) is 0 Å². The zero-order chi connectivity index (χ0) is 43.0. The van der Waals surface area contributed by atoms with Gasteiger partial charge in [-0.1, -0.05) is 206 Å². The van der Waals surface area contributed by atoms with Crippen molar-refractivity contribution in [2.24, 2.45) is 11.6 Å². The second kappa shape index (κ2) is 49.4. The van der Waals surface area contributed by atoms with Gasteiger partial charge in [-0.2, -0.15) is 5.53 Å². The number of nitrogens with one attached hydrogen (secondary N) is 5. The van der Waals surface area contributed by atoms with Crippen LogP contribution < -0.4 is 38.5 Å². The molecule has 0 fully saturated rings. The van der Waals surface area contributed by atoms with Crippen molar-refractivity contribution >= 4 is 11.8 Å². The third kappa shape index (κ3) is 43.2. The predicted molar refractivity (Wildman–Crippen MR) is 256 cm³/mol. The normalized spacial score (nSPS) is 12.0. The van der Waals surface area contributed by atoms with Gasteiger partial charge in [-0.3, -0.25) is 15.4 Å². The molecule has 0 rings (SSSR count). The maximum atomic E-state index is 13.6. The summed E-state index contributed by atoms with van der Waals surface area (Å²) in [4.78, 5) is 29.0. The standard InChI is InChI=1S/C49H104N8O2/c1-3-5-7-9-11-13-15-17-19-21-23-25-27-29-31-33-44-57(45-34-32-30-28-26-24-22-20-18-16-14-12-10-8-6-4-2)48(58)46-54-49(59)47(53-42-37-43-55-56-51)38-35-40-52-41-36-39-50/h47,52-53,55-56H,3-46,50-51H2,1-2H3,(H,54,59). The van der Waals surface area contributed by atoms with E-state index in [-0.39, 0.29) is 24.4 Å². The topological polar surface area (TPSA) is 150 Å². The van der Waals surface area contributed by atoms with Crippen molar-refractivity contribution in [1.29, 1.82) is 0 Å². The maximum Gasteiger partial charge on any atom is 0.241 e. The highest BCUT2D eigenvalue weighted by Crippen LogP contribution is 2.16. The van der Waals surface area contributed by atoms with Gasteiger partial charge >= 0.3 is 0 Å². The highest BCUT2D eigenvalue weighted by Gasteiger charge is 2.20. The summed E-state index contributed by atoms with van der Waals surface area (Å²) in [5.41, 5.74) is 11.0. The van der Waals surface area contributed by atoms with Gasteiger partial charge in [0, 0.05) is 19.6 Å². The molecule has 352 valence electrons. The number of nitrogens with zero attached hydrogens (tertiary/aromatic N) is 1. The van der Waals surface area contributed by atoms with Crippen LogP contribution in [-0.4, -0.2) is 75.1 Å². The quantitative estimate of drug-likeness (QED) is 0.0182. The van der Waals surface area contributed by atoms with Crippen molar-refractivity contribution in [2.75, 3.05) is 52.4 Å². The van der Waals surface area contributed by atoms with E-state index in [1.165, 1.54) is 193 Å². The fourth-order valence-electron chi connectivity index (χ4n) is 8.09. The van der Waals surface area contributed by atoms with Gasteiger partial charge in [0.1, 0.15) is 0 Å². The fraction of sp³-hybridized carbons (Fsp3) is 0.959. The summed E-state index contributed by atoms with van der Waals surface area (Å²) >= 11 is 0. The first kappa shape index (κ1) is 57.7. The summed E-state index contributed by atoms with van der Waals surface area (Å²) in [5.74, 6) is 5.29. The van der Waals surface area contributed by atoms with E-state index in [9.17, 15) is 9.59 Å². The molecule has 0 aliphatic carbocycles. The van der Waals surface area contributed by atoms with Crippen molar-refractivity contribution in [1.82, 2.24) is 31.8 Å². The Kier molecular flexibility index (Phi) is 48.3. The Hall–Kier alpha value is -1.30. The average Bonchev–Trinajstić information content (AvgIpc) is 3.24. The van der Waals surface area contributed by atoms with Crippen LogP contribution in [-0.2, 0) is 9.59 Å². The van der Waals surface area contributed by atoms with Crippen molar-refractivity contribution in [3.63, 3.8) is 0 Å². The molecular weight excluding hydrogens is 733 g/mol. The van der Waals surface area contributed by atoms with E-state index in [0.717, 1.165) is 58.3 Å². The third-order valence-corrected chi connectivity index (χ3v) is 12.0. The number of nitrogens with two attached hydrogens (primary N) is 2. The molecule has 0 aromatic carbocycles. The molecule has 10 nitrogen and oxygen atoms in total. The van der Waals surface area contributed by atoms with Crippen LogP contribution in [0.2, 0.25) is 0 Å². The molecule has 0 saturated heterocycles. The Morgan fingerprint density at radius 2 is 0.864 bits per heavy atom. The van der Waals surface area contributed by atoms with Gasteiger partial charge in [0.25, 0.3) is 0 Å². The maximum absolute atomic E-state index is 13.6. The molecule has 0 heterocycles. The number of carbonyl (C=O) groups excluding carboxylic acids is 2. The van der Waals surface area contributed by atoms with Crippen LogP contribution in [0.15, 0.2) is 0 Å². The lowest BCUT2D eigenvalue weighted by molar-refractivity contribution is -0.133. The predicted octanol–water partition coefficient (Wildman–Crippen LogP) is 10.5. The molecule has 10 heteroatoms. The number of hydrogen-bond donors (Lipinski definition) is 7. The van der Waals surface area contributed by atoms with Crippen LogP contribution in [0, 0.1) is 0 Å². The van der Waals surface area contributed by atoms with Crippen LogP contribution in [0.3, 0.4) is 0 Å². The van der Waals surface area contributed by atoms with Gasteiger partial charge < -0.3 is 26.6 Å². The average molecular weight is 837 g/mol. The molecule has 0 aliphatic rings. The Morgan fingerprint density at radius 1 is 0.475 bits per heavy atom. The lowest BCUT2D eigenvalue weighted by Crippen LogP contribution is -2.49. The SMILES string of the molecule is CCCCCCCCCCCCCCCCCCN(CCCCCCCCCCCCCCCCCC)C(=O)CNC(=O)C(CCCNCCCN)NCCCNNN. The van der Waals surface area contributed by atoms with Gasteiger partial charge in [-0.15, -0.1) is 0 Å². The summed E-state index contributed by atoms with van der Waals surface area (Å²) < 4.78 is 0. The fourth-order valence-corrected chi connectivity index (χ4v) is 8.09. The summed E-state index contributed by atoms with van der Waals surface area (Å²) in [5, 5.41) is 9.83. The molecule has 0 bridgehead atoms. The highest BCUT2D eigenvalue weighted by molar-refractivity contribution is 5.87. The molecule has 2 amide bonds. The smallest absolute Gasteiger partial charge is 0.241 e. The molecule has 59 heavy (non-hydrogen) atoms. The number of amides is 2. The van der Waals surface area contributed by atoms with Crippen LogP contribution >= 0.6 is 0 Å². The number of hydrogen-bond acceptors (Lipinski definition) is 8. The molecule has 1 atom stereocenters. The van der Waals surface area contributed by atoms with Crippen molar-refractivity contribution in [3.8, 4) is 0 Å². The van der Waals surface area contributed by atoms with E-state index >= 15 is 0 Å². The van der Waals surface area contributed by atoms with Crippen molar-refractivity contribution in [3.05, 3.63) is 0 Å². The summed E-state index contributed by atoms with van der Waals surface area (Å²) in [6, 6.07) is -0.334. The van der Waals surface area contributed by atoms with E-state index in [0.29, 0.717) is 26.1 Å². The van der Waals surface area contributed by atoms with Gasteiger partial charge in [-0.05, 0) is 64.7 Å². The Balaban J connectivity index is 4.63. The van der Waals surface area contributed by atoms with Crippen LogP contribution in [0.4, 0.5) is 0 Å². The number of carbonyl (C=O) groups is 2. The van der Waals surface area contributed by atoms with E-state index in [1.807, 2.05) is 4.90 Å². The van der Waals surface area contributed by atoms with Crippen LogP contribution in [0.25, 0.3) is 0 Å². The first-order chi connectivity index (χ1) is 29.1. The molecule has 0 aliphatic heterocycles. The zero-order valence-corrected chi connectivity index (χ0v) is 39.6. The minimum atomic E-state index is -0.334. The second-order valence-corrected chi connectivity index (χ2v) is 17.7. The minimum absolute atomic E-state index is 0.0562. The van der Waals surface area contributed by atoms with Gasteiger partial charge in [-0.25, -0.2) is 5.43 Å². The molecule has 0 radical (unpaired) electrons. The van der Waals surface area contributed by atoms with Gasteiger partial charge in [0.05, 0.1) is 12.6 Å². The summed E-state index contributed by atoms with van der Waals surface area (Å²) in [6.45, 7) is 10.0. The monoisotopic (exact) mass is 837 g/mol. The minimum Gasteiger partial charge on any atom is -0.346 e. The lowest BCUT2D eigenvalue weighted by atomic mass is 10.0. The molecule has 0 spiro atoms. The molecule has 0 aromatic rings. The molecular formula is C49H104N8O2. The first-order valence-corrected chi connectivity index (χ1v) is 26.0. The summed E-state index contributed by atoms with van der Waals surface area (Å²) in [6.07, 6.45) is 46.4. The van der Waals surface area contributed by atoms with Crippen molar-refractivity contribution in [2.45, 2.75) is 251 Å². The second-order valence-electron chi connectivity index (χ2n) is 17.7. The van der Waals surface area contributed by atoms with Gasteiger partial charge in [0.2, 0.25) is 11.8 Å². The molecule has 0 aromatic heterocycles. The largest absolute Gasteiger partial charge is 0.346 e. The summed E-state index contributed by atoms with van der Waals surface area (Å²) in [7, 11) is 0. The van der Waals surface area contributed by atoms with Crippen LogP contribution in [0.5, 0.6) is 0 Å². The number of rotatable bonds is 50. The van der Waals surface area contributed by atoms with Crippen molar-refractivity contribution < 1.29 is 9.59 Å². The number of unbranched alkanes of at least 4 members (excludes halogenated alkanes) is 30. The number of hydrazine groups is 2. The zero-order valence-electron chi connectivity index (χ0n) is 39.6.